The number of nitro groups is 1. The topological polar surface area (TPSA) is 82.1 Å². The average Bonchev–Trinajstić information content (AvgIpc) is 2.68. The van der Waals surface area contributed by atoms with Crippen LogP contribution in [0.2, 0.25) is 0 Å². The molecule has 0 spiro atoms. The summed E-state index contributed by atoms with van der Waals surface area (Å²) in [5.74, 6) is 0.324. The second-order valence-electron chi connectivity index (χ2n) is 2.98. The normalized spacial score (nSPS) is 10.2. The molecule has 15 heavy (non-hydrogen) atoms. The van der Waals surface area contributed by atoms with Gasteiger partial charge in [0.1, 0.15) is 4.92 Å². The monoisotopic (exact) mass is 205 g/mol. The van der Waals surface area contributed by atoms with Gasteiger partial charge in [-0.05, 0) is 18.6 Å². The van der Waals surface area contributed by atoms with E-state index in [0.29, 0.717) is 11.6 Å². The fourth-order valence-corrected chi connectivity index (χ4v) is 1.07. The predicted octanol–water partition coefficient (Wildman–Crippen LogP) is 1.95. The molecule has 0 unspecified atom stereocenters. The predicted molar refractivity (Wildman–Crippen MR) is 51.1 cm³/mol. The Hall–Kier alpha value is -2.24. The first-order valence-electron chi connectivity index (χ1n) is 4.20. The molecule has 6 nitrogen and oxygen atoms in total. The van der Waals surface area contributed by atoms with E-state index in [0.717, 1.165) is 5.56 Å². The molecule has 0 N–H and O–H groups in total. The maximum absolute atomic E-state index is 10.4. The van der Waals surface area contributed by atoms with E-state index in [4.69, 9.17) is 4.42 Å². The van der Waals surface area contributed by atoms with Crippen molar-refractivity contribution in [2.24, 2.45) is 0 Å². The van der Waals surface area contributed by atoms with Gasteiger partial charge in [-0.2, -0.15) is 0 Å². The second kappa shape index (κ2) is 3.49. The maximum atomic E-state index is 10.4. The quantitative estimate of drug-likeness (QED) is 0.552. The van der Waals surface area contributed by atoms with Crippen LogP contribution in [0.25, 0.3) is 11.6 Å². The van der Waals surface area contributed by atoms with Gasteiger partial charge < -0.3 is 4.42 Å². The van der Waals surface area contributed by atoms with E-state index in [1.54, 1.807) is 12.4 Å². The van der Waals surface area contributed by atoms with Gasteiger partial charge in [-0.1, -0.05) is 0 Å². The zero-order chi connectivity index (χ0) is 10.8. The first kappa shape index (κ1) is 9.32. The average molecular weight is 205 g/mol. The summed E-state index contributed by atoms with van der Waals surface area (Å²) in [6.45, 7) is 1.86. The summed E-state index contributed by atoms with van der Waals surface area (Å²) < 4.78 is 4.95. The fraction of sp³-hybridized carbons (Fsp3) is 0.111. The van der Waals surface area contributed by atoms with Crippen molar-refractivity contribution >= 4 is 5.88 Å². The van der Waals surface area contributed by atoms with Gasteiger partial charge in [0.25, 0.3) is 0 Å². The van der Waals surface area contributed by atoms with Crippen molar-refractivity contribution in [3.8, 4) is 11.6 Å². The Morgan fingerprint density at radius 2 is 2.00 bits per heavy atom. The molecule has 76 valence electrons. The molecular formula is C9H7N3O3. The van der Waals surface area contributed by atoms with Gasteiger partial charge >= 0.3 is 5.88 Å². The molecule has 2 heterocycles. The summed E-state index contributed by atoms with van der Waals surface area (Å²) in [6, 6.07) is 2.75. The van der Waals surface area contributed by atoms with Gasteiger partial charge in [0.15, 0.2) is 11.6 Å². The molecule has 0 fully saturated rings. The Labute approximate surface area is 84.7 Å². The molecule has 0 aromatic carbocycles. The summed E-state index contributed by atoms with van der Waals surface area (Å²) >= 11 is 0. The minimum Gasteiger partial charge on any atom is -0.397 e. The van der Waals surface area contributed by atoms with Gasteiger partial charge in [0.2, 0.25) is 0 Å². The van der Waals surface area contributed by atoms with Gasteiger partial charge in [0, 0.05) is 12.4 Å². The van der Waals surface area contributed by atoms with Crippen molar-refractivity contribution in [1.82, 2.24) is 9.97 Å². The Morgan fingerprint density at radius 1 is 1.33 bits per heavy atom. The molecule has 0 saturated carbocycles. The van der Waals surface area contributed by atoms with Crippen LogP contribution in [0.3, 0.4) is 0 Å². The zero-order valence-corrected chi connectivity index (χ0v) is 7.88. The van der Waals surface area contributed by atoms with Crippen LogP contribution in [0.1, 0.15) is 5.56 Å². The van der Waals surface area contributed by atoms with Gasteiger partial charge in [0.05, 0.1) is 6.07 Å². The van der Waals surface area contributed by atoms with Crippen molar-refractivity contribution < 1.29 is 9.34 Å². The van der Waals surface area contributed by atoms with Crippen LogP contribution in [0, 0.1) is 17.0 Å². The number of hydrogen-bond acceptors (Lipinski definition) is 5. The molecule has 2 aromatic heterocycles. The summed E-state index contributed by atoms with van der Waals surface area (Å²) in [7, 11) is 0. The van der Waals surface area contributed by atoms with Crippen molar-refractivity contribution in [2.75, 3.05) is 0 Å². The van der Waals surface area contributed by atoms with Crippen LogP contribution in [0.15, 0.2) is 28.9 Å². The molecule has 0 amide bonds. The van der Waals surface area contributed by atoms with Crippen LogP contribution in [-0.4, -0.2) is 14.9 Å². The molecular weight excluding hydrogens is 198 g/mol. The molecule has 0 atom stereocenters. The number of aryl methyl sites for hydroxylation is 1. The molecule has 2 aromatic rings. The highest BCUT2D eigenvalue weighted by molar-refractivity contribution is 5.48. The third kappa shape index (κ3) is 1.83. The highest BCUT2D eigenvalue weighted by Gasteiger charge is 2.14. The molecule has 6 heteroatoms. The van der Waals surface area contributed by atoms with Crippen LogP contribution in [-0.2, 0) is 0 Å². The summed E-state index contributed by atoms with van der Waals surface area (Å²) in [5, 5.41) is 10.4. The third-order valence-electron chi connectivity index (χ3n) is 1.77. The minimum atomic E-state index is -0.600. The van der Waals surface area contributed by atoms with Gasteiger partial charge in [-0.25, -0.2) is 9.97 Å². The minimum absolute atomic E-state index is 0.293. The highest BCUT2D eigenvalue weighted by Crippen LogP contribution is 2.22. The highest BCUT2D eigenvalue weighted by atomic mass is 16.6. The molecule has 0 bridgehead atoms. The largest absolute Gasteiger partial charge is 0.433 e. The Kier molecular flexibility index (Phi) is 2.17. The first-order valence-corrected chi connectivity index (χ1v) is 4.20. The first-order chi connectivity index (χ1) is 7.16. The molecule has 0 aliphatic rings. The number of furan rings is 1. The molecule has 0 aliphatic heterocycles. The van der Waals surface area contributed by atoms with E-state index in [1.807, 2.05) is 6.92 Å². The molecule has 2 rings (SSSR count). The van der Waals surface area contributed by atoms with E-state index >= 15 is 0 Å². The van der Waals surface area contributed by atoms with Crippen LogP contribution in [0.5, 0.6) is 0 Å². The van der Waals surface area contributed by atoms with Crippen LogP contribution >= 0.6 is 0 Å². The van der Waals surface area contributed by atoms with E-state index in [2.05, 4.69) is 9.97 Å². The molecule has 0 radical (unpaired) electrons. The van der Waals surface area contributed by atoms with Crippen LogP contribution < -0.4 is 0 Å². The lowest BCUT2D eigenvalue weighted by Crippen LogP contribution is -1.87. The lowest BCUT2D eigenvalue weighted by Gasteiger charge is -1.94. The Balaban J connectivity index is 2.37. The van der Waals surface area contributed by atoms with Crippen molar-refractivity contribution in [3.05, 3.63) is 40.2 Å². The van der Waals surface area contributed by atoms with Gasteiger partial charge in [-0.15, -0.1) is 0 Å². The zero-order valence-electron chi connectivity index (χ0n) is 7.88. The molecule has 0 aliphatic carbocycles. The standard InChI is InChI=1S/C9H7N3O3/c1-6-4-10-9(11-5-6)7-2-3-8(15-7)12(13)14/h2-5H,1H3. The van der Waals surface area contributed by atoms with E-state index in [-0.39, 0.29) is 5.88 Å². The molecule has 0 saturated heterocycles. The summed E-state index contributed by atoms with van der Waals surface area (Å²) in [6.07, 6.45) is 3.24. The van der Waals surface area contributed by atoms with Crippen molar-refractivity contribution in [1.29, 1.82) is 0 Å². The van der Waals surface area contributed by atoms with Crippen LogP contribution in [0.4, 0.5) is 5.88 Å². The SMILES string of the molecule is Cc1cnc(-c2ccc([N+](=O)[O-])o2)nc1. The fourth-order valence-electron chi connectivity index (χ4n) is 1.07. The summed E-state index contributed by atoms with van der Waals surface area (Å²) in [4.78, 5) is 17.8. The summed E-state index contributed by atoms with van der Waals surface area (Å²) in [5.41, 5.74) is 0.916. The Morgan fingerprint density at radius 3 is 2.53 bits per heavy atom. The Bertz CT molecular complexity index is 490. The number of hydrogen-bond donors (Lipinski definition) is 0. The van der Waals surface area contributed by atoms with E-state index < -0.39 is 4.92 Å². The number of aromatic nitrogens is 2. The maximum Gasteiger partial charge on any atom is 0.433 e. The van der Waals surface area contributed by atoms with E-state index in [1.165, 1.54) is 12.1 Å². The second-order valence-corrected chi connectivity index (χ2v) is 2.98. The lowest BCUT2D eigenvalue weighted by molar-refractivity contribution is -0.401. The number of rotatable bonds is 2. The van der Waals surface area contributed by atoms with E-state index in [9.17, 15) is 10.1 Å². The lowest BCUT2D eigenvalue weighted by atomic mass is 10.3. The van der Waals surface area contributed by atoms with Crippen molar-refractivity contribution in [2.45, 2.75) is 6.92 Å². The smallest absolute Gasteiger partial charge is 0.397 e. The van der Waals surface area contributed by atoms with Crippen molar-refractivity contribution in [3.63, 3.8) is 0 Å². The number of nitrogens with zero attached hydrogens (tertiary/aromatic N) is 3. The third-order valence-corrected chi connectivity index (χ3v) is 1.77. The van der Waals surface area contributed by atoms with Gasteiger partial charge in [-0.3, -0.25) is 10.1 Å².